The second kappa shape index (κ2) is 7.16. The number of hydrogen-bond donors (Lipinski definition) is 1. The summed E-state index contributed by atoms with van der Waals surface area (Å²) in [5, 5.41) is 19.7. The summed E-state index contributed by atoms with van der Waals surface area (Å²) in [5.41, 5.74) is 0.422. The molecule has 1 rings (SSSR count). The summed E-state index contributed by atoms with van der Waals surface area (Å²) in [7, 11) is 0. The fraction of sp³-hybridized carbons (Fsp3) is 0.250. The van der Waals surface area contributed by atoms with Crippen molar-refractivity contribution >= 4 is 17.5 Å². The first-order valence-electron chi connectivity index (χ1n) is 5.13. The number of hydrogen-bond acceptors (Lipinski definition) is 4. The molecule has 1 amide bonds. The van der Waals surface area contributed by atoms with Gasteiger partial charge in [-0.1, -0.05) is 11.6 Å². The van der Waals surface area contributed by atoms with Gasteiger partial charge in [0.2, 0.25) is 0 Å². The molecule has 0 bridgehead atoms. The van der Waals surface area contributed by atoms with Crippen molar-refractivity contribution in [3.63, 3.8) is 0 Å². The molecule has 0 spiro atoms. The van der Waals surface area contributed by atoms with E-state index in [0.29, 0.717) is 17.9 Å². The highest BCUT2D eigenvalue weighted by Crippen LogP contribution is 2.24. The van der Waals surface area contributed by atoms with E-state index in [1.165, 1.54) is 12.1 Å². The first-order chi connectivity index (χ1) is 8.67. The number of benzene rings is 1. The van der Waals surface area contributed by atoms with Gasteiger partial charge in [0.1, 0.15) is 5.75 Å². The Labute approximate surface area is 110 Å². The lowest BCUT2D eigenvalue weighted by Crippen LogP contribution is -2.29. The molecule has 92 valence electrons. The average molecular weight is 264 g/mol. The van der Waals surface area contributed by atoms with Crippen molar-refractivity contribution in [1.82, 2.24) is 5.32 Å². The van der Waals surface area contributed by atoms with Crippen LogP contribution in [-0.2, 0) is 4.79 Å². The third kappa shape index (κ3) is 4.32. The molecular weight excluding hydrogens is 254 g/mol. The van der Waals surface area contributed by atoms with Crippen molar-refractivity contribution in [2.75, 3.05) is 13.2 Å². The lowest BCUT2D eigenvalue weighted by atomic mass is 10.2. The van der Waals surface area contributed by atoms with Gasteiger partial charge < -0.3 is 10.1 Å². The Morgan fingerprint density at radius 3 is 2.83 bits per heavy atom. The van der Waals surface area contributed by atoms with E-state index in [1.807, 2.05) is 12.1 Å². The molecule has 0 aromatic heterocycles. The molecule has 0 unspecified atom stereocenters. The molecule has 0 fully saturated rings. The zero-order chi connectivity index (χ0) is 13.4. The number of ether oxygens (including phenoxy) is 1. The third-order valence-corrected chi connectivity index (χ3v) is 2.27. The molecule has 0 aliphatic carbocycles. The van der Waals surface area contributed by atoms with Crippen LogP contribution in [0.15, 0.2) is 18.2 Å². The third-order valence-electron chi connectivity index (χ3n) is 1.98. The number of carbonyl (C=O) groups excluding carboxylic acids is 1. The molecule has 18 heavy (non-hydrogen) atoms. The summed E-state index contributed by atoms with van der Waals surface area (Å²) >= 11 is 5.87. The monoisotopic (exact) mass is 263 g/mol. The van der Waals surface area contributed by atoms with Crippen LogP contribution in [0.4, 0.5) is 0 Å². The van der Waals surface area contributed by atoms with E-state index in [1.54, 1.807) is 6.07 Å². The molecule has 0 aliphatic heterocycles. The van der Waals surface area contributed by atoms with Gasteiger partial charge in [-0.15, -0.1) is 0 Å². The van der Waals surface area contributed by atoms with Crippen molar-refractivity contribution in [3.05, 3.63) is 28.8 Å². The molecule has 0 saturated heterocycles. The summed E-state index contributed by atoms with van der Waals surface area (Å²) < 4.78 is 5.19. The number of nitrogens with one attached hydrogen (secondary N) is 1. The molecule has 0 heterocycles. The first kappa shape index (κ1) is 13.8. The maximum Gasteiger partial charge on any atom is 0.257 e. The first-order valence-corrected chi connectivity index (χ1v) is 5.51. The minimum atomic E-state index is -0.328. The van der Waals surface area contributed by atoms with E-state index in [2.05, 4.69) is 5.32 Å². The van der Waals surface area contributed by atoms with Crippen LogP contribution in [0.2, 0.25) is 5.02 Å². The van der Waals surface area contributed by atoms with E-state index < -0.39 is 0 Å². The van der Waals surface area contributed by atoms with Gasteiger partial charge in [-0.2, -0.15) is 10.5 Å². The topological polar surface area (TPSA) is 85.9 Å². The summed E-state index contributed by atoms with van der Waals surface area (Å²) in [6.07, 6.45) is 0.253. The van der Waals surface area contributed by atoms with Gasteiger partial charge in [-0.05, 0) is 18.2 Å². The van der Waals surface area contributed by atoms with Crippen molar-refractivity contribution in [1.29, 1.82) is 10.5 Å². The second-order valence-electron chi connectivity index (χ2n) is 3.30. The van der Waals surface area contributed by atoms with Crippen molar-refractivity contribution < 1.29 is 9.53 Å². The number of rotatable bonds is 5. The largest absolute Gasteiger partial charge is 0.482 e. The van der Waals surface area contributed by atoms with Crippen LogP contribution in [0.3, 0.4) is 0 Å². The van der Waals surface area contributed by atoms with Gasteiger partial charge in [0.05, 0.1) is 29.1 Å². The standard InChI is InChI=1S/C12H10ClN3O2/c13-10-6-9(7-15)2-3-11(10)18-8-12(17)16-5-1-4-14/h2-3,6H,1,5,8H2,(H,16,17). The van der Waals surface area contributed by atoms with Gasteiger partial charge in [-0.25, -0.2) is 0 Å². The molecule has 0 atom stereocenters. The van der Waals surface area contributed by atoms with E-state index in [-0.39, 0.29) is 24.0 Å². The molecule has 1 aromatic rings. The van der Waals surface area contributed by atoms with Gasteiger partial charge >= 0.3 is 0 Å². The summed E-state index contributed by atoms with van der Waals surface area (Å²) in [6, 6.07) is 8.40. The average Bonchev–Trinajstić information content (AvgIpc) is 2.37. The Bertz CT molecular complexity index is 517. The van der Waals surface area contributed by atoms with Crippen LogP contribution >= 0.6 is 11.6 Å². The van der Waals surface area contributed by atoms with E-state index in [4.69, 9.17) is 26.9 Å². The highest BCUT2D eigenvalue weighted by molar-refractivity contribution is 6.32. The maximum atomic E-state index is 11.3. The normalized spacial score (nSPS) is 9.06. The Kier molecular flexibility index (Phi) is 5.50. The fourth-order valence-corrected chi connectivity index (χ4v) is 1.37. The molecule has 6 heteroatoms. The number of halogens is 1. The molecule has 1 N–H and O–H groups in total. The van der Waals surface area contributed by atoms with Crippen LogP contribution in [0.25, 0.3) is 0 Å². The zero-order valence-electron chi connectivity index (χ0n) is 9.44. The van der Waals surface area contributed by atoms with Gasteiger partial charge in [0.15, 0.2) is 6.61 Å². The van der Waals surface area contributed by atoms with Gasteiger partial charge in [-0.3, -0.25) is 4.79 Å². The van der Waals surface area contributed by atoms with Gasteiger partial charge in [0, 0.05) is 6.54 Å². The van der Waals surface area contributed by atoms with Crippen molar-refractivity contribution in [2.24, 2.45) is 0 Å². The predicted molar refractivity (Wildman–Crippen MR) is 64.9 cm³/mol. The van der Waals surface area contributed by atoms with Crippen LogP contribution in [0.1, 0.15) is 12.0 Å². The van der Waals surface area contributed by atoms with Crippen molar-refractivity contribution in [3.8, 4) is 17.9 Å². The lowest BCUT2D eigenvalue weighted by Gasteiger charge is -2.07. The minimum absolute atomic E-state index is 0.183. The van der Waals surface area contributed by atoms with Crippen molar-refractivity contribution in [2.45, 2.75) is 6.42 Å². The SMILES string of the molecule is N#CCCNC(=O)COc1ccc(C#N)cc1Cl. The second-order valence-corrected chi connectivity index (χ2v) is 3.71. The van der Waals surface area contributed by atoms with E-state index in [0.717, 1.165) is 0 Å². The molecule has 0 aliphatic rings. The predicted octanol–water partition coefficient (Wildman–Crippen LogP) is 1.62. The highest BCUT2D eigenvalue weighted by atomic mass is 35.5. The summed E-state index contributed by atoms with van der Waals surface area (Å²) in [4.78, 5) is 11.3. The maximum absolute atomic E-state index is 11.3. The number of amides is 1. The van der Waals surface area contributed by atoms with Crippen LogP contribution in [0.5, 0.6) is 5.75 Å². The number of nitriles is 2. The highest BCUT2D eigenvalue weighted by Gasteiger charge is 2.06. The van der Waals surface area contributed by atoms with Gasteiger partial charge in [0.25, 0.3) is 5.91 Å². The molecule has 0 saturated carbocycles. The molecule has 5 nitrogen and oxygen atoms in total. The quantitative estimate of drug-likeness (QED) is 0.818. The van der Waals surface area contributed by atoms with Crippen LogP contribution in [0, 0.1) is 22.7 Å². The minimum Gasteiger partial charge on any atom is -0.482 e. The van der Waals surface area contributed by atoms with E-state index >= 15 is 0 Å². The summed E-state index contributed by atoms with van der Waals surface area (Å²) in [6.45, 7) is 0.108. The Morgan fingerprint density at radius 2 is 2.22 bits per heavy atom. The number of nitrogens with zero attached hydrogens (tertiary/aromatic N) is 2. The zero-order valence-corrected chi connectivity index (χ0v) is 10.2. The Morgan fingerprint density at radius 1 is 1.44 bits per heavy atom. The lowest BCUT2D eigenvalue weighted by molar-refractivity contribution is -0.123. The molecule has 0 radical (unpaired) electrons. The molecular formula is C12H10ClN3O2. The smallest absolute Gasteiger partial charge is 0.257 e. The summed E-state index contributed by atoms with van der Waals surface area (Å²) in [5.74, 6) is 0.0109. The van der Waals surface area contributed by atoms with Crippen LogP contribution in [-0.4, -0.2) is 19.1 Å². The Balaban J connectivity index is 2.47. The Hall–Kier alpha value is -2.24. The van der Waals surface area contributed by atoms with E-state index in [9.17, 15) is 4.79 Å². The molecule has 1 aromatic carbocycles. The fourth-order valence-electron chi connectivity index (χ4n) is 1.14. The number of carbonyl (C=O) groups is 1. The van der Waals surface area contributed by atoms with Crippen LogP contribution < -0.4 is 10.1 Å².